The Morgan fingerprint density at radius 2 is 2.17 bits per heavy atom. The molecule has 1 aromatic heterocycles. The standard InChI is InChI=1S/C13H13BrN2O2/c1-9-7-12(18-15-9)13(17)16(2)8-10-5-3-4-6-11(10)14/h3-7H,8H2,1-2H3. The van der Waals surface area contributed by atoms with Crippen LogP contribution in [0.2, 0.25) is 0 Å². The summed E-state index contributed by atoms with van der Waals surface area (Å²) < 4.78 is 5.95. The van der Waals surface area contributed by atoms with Crippen LogP contribution < -0.4 is 0 Å². The molecule has 0 N–H and O–H groups in total. The summed E-state index contributed by atoms with van der Waals surface area (Å²) in [4.78, 5) is 13.6. The number of hydrogen-bond acceptors (Lipinski definition) is 3. The lowest BCUT2D eigenvalue weighted by molar-refractivity contribution is 0.0743. The van der Waals surface area contributed by atoms with Crippen molar-refractivity contribution in [2.75, 3.05) is 7.05 Å². The Hall–Kier alpha value is -1.62. The van der Waals surface area contributed by atoms with Crippen molar-refractivity contribution >= 4 is 21.8 Å². The Kier molecular flexibility index (Phi) is 3.81. The third kappa shape index (κ3) is 2.79. The van der Waals surface area contributed by atoms with Crippen LogP contribution in [-0.4, -0.2) is 23.0 Å². The topological polar surface area (TPSA) is 46.3 Å². The second-order valence-corrected chi connectivity index (χ2v) is 4.94. The third-order valence-corrected chi connectivity index (χ3v) is 3.32. The Morgan fingerprint density at radius 3 is 2.78 bits per heavy atom. The van der Waals surface area contributed by atoms with Gasteiger partial charge in [0.1, 0.15) is 0 Å². The molecular weight excluding hydrogens is 296 g/mol. The summed E-state index contributed by atoms with van der Waals surface area (Å²) in [5.41, 5.74) is 1.75. The van der Waals surface area contributed by atoms with Gasteiger partial charge >= 0.3 is 0 Å². The van der Waals surface area contributed by atoms with Crippen LogP contribution in [-0.2, 0) is 6.54 Å². The van der Waals surface area contributed by atoms with Crippen molar-refractivity contribution < 1.29 is 9.32 Å². The monoisotopic (exact) mass is 308 g/mol. The molecule has 0 saturated heterocycles. The molecule has 2 rings (SSSR count). The number of rotatable bonds is 3. The number of aromatic nitrogens is 1. The highest BCUT2D eigenvalue weighted by Gasteiger charge is 2.17. The summed E-state index contributed by atoms with van der Waals surface area (Å²) in [6.45, 7) is 2.30. The van der Waals surface area contributed by atoms with Crippen molar-refractivity contribution in [3.05, 3.63) is 51.8 Å². The van der Waals surface area contributed by atoms with Crippen molar-refractivity contribution in [2.24, 2.45) is 0 Å². The van der Waals surface area contributed by atoms with Gasteiger partial charge in [-0.25, -0.2) is 0 Å². The average Bonchev–Trinajstić information content (AvgIpc) is 2.78. The second kappa shape index (κ2) is 5.35. The van der Waals surface area contributed by atoms with Gasteiger partial charge in [0.05, 0.1) is 5.69 Å². The van der Waals surface area contributed by atoms with Crippen LogP contribution in [0.25, 0.3) is 0 Å². The summed E-state index contributed by atoms with van der Waals surface area (Å²) in [7, 11) is 1.74. The van der Waals surface area contributed by atoms with Gasteiger partial charge in [-0.2, -0.15) is 0 Å². The molecule has 0 bridgehead atoms. The molecule has 94 valence electrons. The van der Waals surface area contributed by atoms with Gasteiger partial charge in [-0.3, -0.25) is 4.79 Å². The Bertz CT molecular complexity index is 566. The van der Waals surface area contributed by atoms with Crippen LogP contribution in [0, 0.1) is 6.92 Å². The fourth-order valence-corrected chi connectivity index (χ4v) is 2.02. The predicted octanol–water partition coefficient (Wildman–Crippen LogP) is 3.02. The first-order chi connectivity index (χ1) is 8.58. The van der Waals surface area contributed by atoms with Crippen molar-refractivity contribution in [1.29, 1.82) is 0 Å². The summed E-state index contributed by atoms with van der Waals surface area (Å²) in [6, 6.07) is 9.44. The molecule has 2 aromatic rings. The number of halogens is 1. The number of nitrogens with zero attached hydrogens (tertiary/aromatic N) is 2. The van der Waals surface area contributed by atoms with E-state index in [2.05, 4.69) is 21.1 Å². The summed E-state index contributed by atoms with van der Waals surface area (Å²) >= 11 is 3.46. The average molecular weight is 309 g/mol. The van der Waals surface area contributed by atoms with Crippen LogP contribution in [0.15, 0.2) is 39.3 Å². The van der Waals surface area contributed by atoms with Gasteiger partial charge < -0.3 is 9.42 Å². The van der Waals surface area contributed by atoms with E-state index in [1.807, 2.05) is 24.3 Å². The molecule has 0 aliphatic rings. The molecule has 18 heavy (non-hydrogen) atoms. The zero-order chi connectivity index (χ0) is 13.1. The lowest BCUT2D eigenvalue weighted by atomic mass is 10.2. The zero-order valence-electron chi connectivity index (χ0n) is 10.2. The Morgan fingerprint density at radius 1 is 1.44 bits per heavy atom. The number of hydrogen-bond donors (Lipinski definition) is 0. The van der Waals surface area contributed by atoms with Gasteiger partial charge in [0, 0.05) is 24.1 Å². The maximum absolute atomic E-state index is 12.1. The van der Waals surface area contributed by atoms with Gasteiger partial charge in [-0.05, 0) is 18.6 Å². The highest BCUT2D eigenvalue weighted by Crippen LogP contribution is 2.18. The normalized spacial score (nSPS) is 10.4. The third-order valence-electron chi connectivity index (χ3n) is 2.55. The molecule has 0 spiro atoms. The first-order valence-corrected chi connectivity index (χ1v) is 6.29. The molecular formula is C13H13BrN2O2. The lowest BCUT2D eigenvalue weighted by Gasteiger charge is -2.16. The number of aryl methyl sites for hydroxylation is 1. The lowest BCUT2D eigenvalue weighted by Crippen LogP contribution is -2.25. The van der Waals surface area contributed by atoms with Crippen molar-refractivity contribution in [3.8, 4) is 0 Å². The van der Waals surface area contributed by atoms with Crippen molar-refractivity contribution in [1.82, 2.24) is 10.1 Å². The molecule has 5 heteroatoms. The van der Waals surface area contributed by atoms with Crippen LogP contribution in [0.5, 0.6) is 0 Å². The minimum Gasteiger partial charge on any atom is -0.351 e. The highest BCUT2D eigenvalue weighted by molar-refractivity contribution is 9.10. The maximum Gasteiger partial charge on any atom is 0.292 e. The van der Waals surface area contributed by atoms with Gasteiger partial charge in [0.25, 0.3) is 5.91 Å². The first-order valence-electron chi connectivity index (χ1n) is 5.50. The van der Waals surface area contributed by atoms with Gasteiger partial charge in [-0.1, -0.05) is 39.3 Å². The first kappa shape index (κ1) is 12.8. The molecule has 4 nitrogen and oxygen atoms in total. The smallest absolute Gasteiger partial charge is 0.292 e. The fraction of sp³-hybridized carbons (Fsp3) is 0.231. The molecule has 0 atom stereocenters. The van der Waals surface area contributed by atoms with Crippen molar-refractivity contribution in [2.45, 2.75) is 13.5 Å². The molecule has 0 aliphatic heterocycles. The largest absolute Gasteiger partial charge is 0.351 e. The van der Waals surface area contributed by atoms with Crippen LogP contribution in [0.3, 0.4) is 0 Å². The predicted molar refractivity (Wildman–Crippen MR) is 71.2 cm³/mol. The van der Waals surface area contributed by atoms with Crippen LogP contribution >= 0.6 is 15.9 Å². The van der Waals surface area contributed by atoms with E-state index in [-0.39, 0.29) is 11.7 Å². The molecule has 1 aromatic carbocycles. The summed E-state index contributed by atoms with van der Waals surface area (Å²) in [5, 5.41) is 3.71. The van der Waals surface area contributed by atoms with Gasteiger partial charge in [0.2, 0.25) is 5.76 Å². The van der Waals surface area contributed by atoms with E-state index in [4.69, 9.17) is 4.52 Å². The Balaban J connectivity index is 2.11. The molecule has 0 unspecified atom stereocenters. The minimum atomic E-state index is -0.175. The molecule has 1 heterocycles. The van der Waals surface area contributed by atoms with E-state index in [0.717, 1.165) is 10.0 Å². The van der Waals surface area contributed by atoms with Crippen LogP contribution in [0.4, 0.5) is 0 Å². The SMILES string of the molecule is Cc1cc(C(=O)N(C)Cc2ccccc2Br)on1. The maximum atomic E-state index is 12.1. The second-order valence-electron chi connectivity index (χ2n) is 4.09. The van der Waals surface area contributed by atoms with E-state index in [1.165, 1.54) is 0 Å². The van der Waals surface area contributed by atoms with Crippen molar-refractivity contribution in [3.63, 3.8) is 0 Å². The zero-order valence-corrected chi connectivity index (χ0v) is 11.8. The van der Waals surface area contributed by atoms with Gasteiger partial charge in [-0.15, -0.1) is 0 Å². The molecule has 0 saturated carbocycles. The molecule has 1 amide bonds. The molecule has 0 aliphatic carbocycles. The van der Waals surface area contributed by atoms with Crippen LogP contribution in [0.1, 0.15) is 21.8 Å². The van der Waals surface area contributed by atoms with E-state index in [9.17, 15) is 4.79 Å². The molecule has 0 fully saturated rings. The van der Waals surface area contributed by atoms with E-state index >= 15 is 0 Å². The number of carbonyl (C=O) groups excluding carboxylic acids is 1. The summed E-state index contributed by atoms with van der Waals surface area (Å²) in [5.74, 6) is 0.0911. The quantitative estimate of drug-likeness (QED) is 0.875. The fourth-order valence-electron chi connectivity index (χ4n) is 1.61. The van der Waals surface area contributed by atoms with E-state index < -0.39 is 0 Å². The summed E-state index contributed by atoms with van der Waals surface area (Å²) in [6.07, 6.45) is 0. The number of carbonyl (C=O) groups is 1. The minimum absolute atomic E-state index is 0.175. The molecule has 0 radical (unpaired) electrons. The Labute approximate surface area is 114 Å². The van der Waals surface area contributed by atoms with E-state index in [0.29, 0.717) is 12.2 Å². The highest BCUT2D eigenvalue weighted by atomic mass is 79.9. The van der Waals surface area contributed by atoms with Gasteiger partial charge in [0.15, 0.2) is 0 Å². The number of benzene rings is 1. The van der Waals surface area contributed by atoms with E-state index in [1.54, 1.807) is 24.9 Å². The number of amides is 1.